The van der Waals surface area contributed by atoms with Crippen molar-refractivity contribution < 1.29 is 9.32 Å². The van der Waals surface area contributed by atoms with Gasteiger partial charge in [-0.1, -0.05) is 31.3 Å². The summed E-state index contributed by atoms with van der Waals surface area (Å²) in [4.78, 5) is 16.3. The van der Waals surface area contributed by atoms with E-state index >= 15 is 0 Å². The van der Waals surface area contributed by atoms with Crippen LogP contribution in [0.5, 0.6) is 0 Å². The number of carbonyl (C=O) groups is 1. The third-order valence-electron chi connectivity index (χ3n) is 6.61. The number of hydrogen-bond donors (Lipinski definition) is 0. The Bertz CT molecular complexity index is 652. The van der Waals surface area contributed by atoms with E-state index in [1.165, 1.54) is 51.4 Å². The van der Waals surface area contributed by atoms with E-state index in [0.29, 0.717) is 23.0 Å². The molecule has 4 nitrogen and oxygen atoms in total. The highest BCUT2D eigenvalue weighted by molar-refractivity contribution is 8.00. The van der Waals surface area contributed by atoms with Gasteiger partial charge >= 0.3 is 0 Å². The predicted molar refractivity (Wildman–Crippen MR) is 104 cm³/mol. The van der Waals surface area contributed by atoms with Crippen molar-refractivity contribution >= 4 is 17.7 Å². The molecule has 1 aromatic rings. The molecule has 3 fully saturated rings. The van der Waals surface area contributed by atoms with Gasteiger partial charge in [0.15, 0.2) is 0 Å². The minimum Gasteiger partial charge on any atom is -0.350 e. The molecule has 4 atom stereocenters. The van der Waals surface area contributed by atoms with E-state index in [9.17, 15) is 4.79 Å². The molecule has 3 saturated carbocycles. The second kappa shape index (κ2) is 7.57. The normalized spacial score (nSPS) is 31.0. The van der Waals surface area contributed by atoms with Gasteiger partial charge in [-0.3, -0.25) is 4.79 Å². The van der Waals surface area contributed by atoms with Gasteiger partial charge in [0.1, 0.15) is 0 Å². The average Bonchev–Trinajstić information content (AvgIpc) is 3.52. The number of carbonyl (C=O) groups excluding carboxylic acids is 1. The predicted octanol–water partition coefficient (Wildman–Crippen LogP) is 5.30. The standard InChI is InChI=1S/C21H32N2O2S/c1-4-23(18-12-16(18)11-15-10-13(15)2)21(24)19-20(14(3)22-25-19)26-17-8-6-5-7-9-17/h13,15-18H,4-12H2,1-3H3/t13-,15?,16?,18?/m0/s1. The lowest BCUT2D eigenvalue weighted by Gasteiger charge is -2.23. The van der Waals surface area contributed by atoms with Crippen LogP contribution < -0.4 is 0 Å². The Morgan fingerprint density at radius 3 is 2.62 bits per heavy atom. The first-order valence-electron chi connectivity index (χ1n) is 10.5. The highest BCUT2D eigenvalue weighted by atomic mass is 32.2. The van der Waals surface area contributed by atoms with Crippen LogP contribution in [0.25, 0.3) is 0 Å². The molecule has 0 radical (unpaired) electrons. The van der Waals surface area contributed by atoms with Crippen molar-refractivity contribution in [2.75, 3.05) is 6.54 Å². The van der Waals surface area contributed by atoms with Crippen molar-refractivity contribution in [1.82, 2.24) is 10.1 Å². The summed E-state index contributed by atoms with van der Waals surface area (Å²) in [5.41, 5.74) is 0.874. The molecule has 0 spiro atoms. The van der Waals surface area contributed by atoms with Crippen molar-refractivity contribution in [3.8, 4) is 0 Å². The van der Waals surface area contributed by atoms with Crippen LogP contribution in [-0.4, -0.2) is 33.8 Å². The van der Waals surface area contributed by atoms with E-state index in [1.54, 1.807) is 0 Å². The molecule has 144 valence electrons. The van der Waals surface area contributed by atoms with Crippen molar-refractivity contribution in [1.29, 1.82) is 0 Å². The van der Waals surface area contributed by atoms with E-state index in [-0.39, 0.29) is 5.91 Å². The number of thioether (sulfide) groups is 1. The maximum atomic E-state index is 13.2. The van der Waals surface area contributed by atoms with Gasteiger partial charge in [-0.15, -0.1) is 11.8 Å². The Morgan fingerprint density at radius 1 is 1.23 bits per heavy atom. The number of hydrogen-bond acceptors (Lipinski definition) is 4. The Hall–Kier alpha value is -0.970. The van der Waals surface area contributed by atoms with Crippen LogP contribution in [0, 0.1) is 24.7 Å². The molecule has 1 heterocycles. The molecular formula is C21H32N2O2S. The minimum absolute atomic E-state index is 0.0581. The van der Waals surface area contributed by atoms with Crippen LogP contribution in [0.3, 0.4) is 0 Å². The Kier molecular flexibility index (Phi) is 5.36. The molecular weight excluding hydrogens is 344 g/mol. The third-order valence-corrected chi connectivity index (χ3v) is 8.13. The van der Waals surface area contributed by atoms with E-state index in [4.69, 9.17) is 4.52 Å². The first kappa shape index (κ1) is 18.4. The number of nitrogens with zero attached hydrogens (tertiary/aromatic N) is 2. The van der Waals surface area contributed by atoms with Crippen LogP contribution in [-0.2, 0) is 0 Å². The first-order valence-corrected chi connectivity index (χ1v) is 11.4. The monoisotopic (exact) mass is 376 g/mol. The fraction of sp³-hybridized carbons (Fsp3) is 0.810. The zero-order valence-corrected chi connectivity index (χ0v) is 17.2. The molecule has 4 rings (SSSR count). The molecule has 1 amide bonds. The molecule has 0 bridgehead atoms. The van der Waals surface area contributed by atoms with Gasteiger partial charge in [-0.2, -0.15) is 0 Å². The summed E-state index contributed by atoms with van der Waals surface area (Å²) in [6, 6.07) is 0.415. The van der Waals surface area contributed by atoms with Gasteiger partial charge in [0.2, 0.25) is 5.76 Å². The zero-order chi connectivity index (χ0) is 18.3. The fourth-order valence-corrected chi connectivity index (χ4v) is 5.97. The van der Waals surface area contributed by atoms with Gasteiger partial charge in [-0.05, 0) is 63.7 Å². The van der Waals surface area contributed by atoms with E-state index < -0.39 is 0 Å². The summed E-state index contributed by atoms with van der Waals surface area (Å²) in [7, 11) is 0. The van der Waals surface area contributed by atoms with E-state index in [2.05, 4.69) is 19.0 Å². The molecule has 3 aliphatic rings. The van der Waals surface area contributed by atoms with Crippen molar-refractivity contribution in [2.24, 2.45) is 17.8 Å². The van der Waals surface area contributed by atoms with Crippen molar-refractivity contribution in [2.45, 2.75) is 88.3 Å². The van der Waals surface area contributed by atoms with E-state index in [0.717, 1.165) is 29.0 Å². The largest absolute Gasteiger partial charge is 0.350 e. The molecule has 26 heavy (non-hydrogen) atoms. The van der Waals surface area contributed by atoms with Gasteiger partial charge in [0.05, 0.1) is 10.6 Å². The molecule has 0 N–H and O–H groups in total. The molecule has 3 unspecified atom stereocenters. The SMILES string of the molecule is CCN(C(=O)c1onc(C)c1SC1CCCCC1)C1CC1CC1C[C@@H]1C. The zero-order valence-electron chi connectivity index (χ0n) is 16.4. The minimum atomic E-state index is 0.0581. The van der Waals surface area contributed by atoms with Crippen molar-refractivity contribution in [3.63, 3.8) is 0 Å². The Morgan fingerprint density at radius 2 is 1.96 bits per heavy atom. The van der Waals surface area contributed by atoms with Crippen LogP contribution in [0.1, 0.15) is 81.5 Å². The Balaban J connectivity index is 1.43. The molecule has 5 heteroatoms. The average molecular weight is 377 g/mol. The molecule has 0 aliphatic heterocycles. The lowest BCUT2D eigenvalue weighted by Crippen LogP contribution is -2.34. The smallest absolute Gasteiger partial charge is 0.293 e. The second-order valence-electron chi connectivity index (χ2n) is 8.67. The summed E-state index contributed by atoms with van der Waals surface area (Å²) in [6.07, 6.45) is 10.3. The quantitative estimate of drug-likeness (QED) is 0.647. The maximum Gasteiger partial charge on any atom is 0.293 e. The highest BCUT2D eigenvalue weighted by Crippen LogP contribution is 2.50. The van der Waals surface area contributed by atoms with Crippen LogP contribution >= 0.6 is 11.8 Å². The summed E-state index contributed by atoms with van der Waals surface area (Å²) in [5, 5.41) is 4.75. The fourth-order valence-electron chi connectivity index (χ4n) is 4.63. The summed E-state index contributed by atoms with van der Waals surface area (Å²) in [5.74, 6) is 3.06. The Labute approximate surface area is 161 Å². The van der Waals surface area contributed by atoms with Crippen molar-refractivity contribution in [3.05, 3.63) is 11.5 Å². The van der Waals surface area contributed by atoms with E-state index in [1.807, 2.05) is 23.6 Å². The van der Waals surface area contributed by atoms with Gasteiger partial charge in [0.25, 0.3) is 5.91 Å². The molecule has 0 aromatic carbocycles. The topological polar surface area (TPSA) is 46.3 Å². The number of amides is 1. The van der Waals surface area contributed by atoms with Gasteiger partial charge in [-0.25, -0.2) is 0 Å². The number of aryl methyl sites for hydroxylation is 1. The maximum absolute atomic E-state index is 13.2. The summed E-state index contributed by atoms with van der Waals surface area (Å²) >= 11 is 1.83. The second-order valence-corrected chi connectivity index (χ2v) is 9.98. The molecule has 3 aliphatic carbocycles. The van der Waals surface area contributed by atoms with Gasteiger partial charge < -0.3 is 9.42 Å². The van der Waals surface area contributed by atoms with Crippen LogP contribution in [0.15, 0.2) is 9.42 Å². The summed E-state index contributed by atoms with van der Waals surface area (Å²) in [6.45, 7) is 7.16. The lowest BCUT2D eigenvalue weighted by atomic mass is 10.0. The number of aromatic nitrogens is 1. The van der Waals surface area contributed by atoms with Crippen LogP contribution in [0.2, 0.25) is 0 Å². The first-order chi connectivity index (χ1) is 12.6. The molecule has 0 saturated heterocycles. The number of rotatable bonds is 7. The van der Waals surface area contributed by atoms with Crippen LogP contribution in [0.4, 0.5) is 0 Å². The highest BCUT2D eigenvalue weighted by Gasteiger charge is 2.48. The summed E-state index contributed by atoms with van der Waals surface area (Å²) < 4.78 is 5.54. The van der Waals surface area contributed by atoms with Gasteiger partial charge in [0, 0.05) is 17.8 Å². The lowest BCUT2D eigenvalue weighted by molar-refractivity contribution is 0.0695. The molecule has 1 aromatic heterocycles. The third kappa shape index (κ3) is 3.83.